The lowest BCUT2D eigenvalue weighted by molar-refractivity contribution is 0.0937. The van der Waals surface area contributed by atoms with Gasteiger partial charge in [-0.2, -0.15) is 0 Å². The Kier molecular flexibility index (Phi) is 6.15. The molecule has 0 aliphatic carbocycles. The van der Waals surface area contributed by atoms with Crippen molar-refractivity contribution >= 4 is 21.8 Å². The van der Waals surface area contributed by atoms with E-state index >= 15 is 0 Å². The number of alkyl halides is 1. The molecule has 0 aliphatic heterocycles. The highest BCUT2D eigenvalue weighted by Crippen LogP contribution is 2.11. The molecule has 1 aromatic rings. The second-order valence-corrected chi connectivity index (χ2v) is 4.52. The maximum absolute atomic E-state index is 11.6. The molecule has 1 aromatic heterocycles. The van der Waals surface area contributed by atoms with Crippen LogP contribution >= 0.6 is 15.9 Å². The summed E-state index contributed by atoms with van der Waals surface area (Å²) < 4.78 is 4.62. The molecular formula is C11H17BrN2O2. The largest absolute Gasteiger partial charge is 0.364 e. The molecule has 90 valence electrons. The quantitative estimate of drug-likeness (QED) is 0.785. The Balaban J connectivity index is 2.34. The third-order valence-electron chi connectivity index (χ3n) is 2.44. The molecule has 0 spiro atoms. The first-order chi connectivity index (χ1) is 7.77. The Hall–Kier alpha value is -0.840. The standard InChI is InChI=1S/C11H17BrN2O2/c1-2-3-9(4-6-12)8-13-11(15)10-5-7-16-14-10/h5,7,9H,2-4,6,8H2,1H3,(H,13,15). The van der Waals surface area contributed by atoms with Crippen molar-refractivity contribution in [3.8, 4) is 0 Å². The topological polar surface area (TPSA) is 55.1 Å². The lowest BCUT2D eigenvalue weighted by Crippen LogP contribution is -2.29. The zero-order valence-corrected chi connectivity index (χ0v) is 11.0. The number of aromatic nitrogens is 1. The highest BCUT2D eigenvalue weighted by Gasteiger charge is 2.12. The molecule has 1 N–H and O–H groups in total. The predicted octanol–water partition coefficient (Wildman–Crippen LogP) is 2.61. The number of nitrogens with one attached hydrogen (secondary N) is 1. The normalized spacial score (nSPS) is 12.4. The van der Waals surface area contributed by atoms with Crippen molar-refractivity contribution in [3.05, 3.63) is 18.0 Å². The Morgan fingerprint density at radius 1 is 1.62 bits per heavy atom. The van der Waals surface area contributed by atoms with E-state index in [1.807, 2.05) is 0 Å². The molecule has 5 heteroatoms. The number of amides is 1. The number of hydrogen-bond donors (Lipinski definition) is 1. The van der Waals surface area contributed by atoms with Gasteiger partial charge in [0, 0.05) is 17.9 Å². The fourth-order valence-electron chi connectivity index (χ4n) is 1.57. The zero-order valence-electron chi connectivity index (χ0n) is 9.41. The van der Waals surface area contributed by atoms with Gasteiger partial charge < -0.3 is 9.84 Å². The minimum Gasteiger partial charge on any atom is -0.364 e. The zero-order chi connectivity index (χ0) is 11.8. The molecule has 0 saturated carbocycles. The molecule has 16 heavy (non-hydrogen) atoms. The van der Waals surface area contributed by atoms with Gasteiger partial charge in [-0.1, -0.05) is 34.4 Å². The first-order valence-corrected chi connectivity index (χ1v) is 6.64. The summed E-state index contributed by atoms with van der Waals surface area (Å²) in [4.78, 5) is 11.6. The van der Waals surface area contributed by atoms with Gasteiger partial charge in [0.15, 0.2) is 5.69 Å². The summed E-state index contributed by atoms with van der Waals surface area (Å²) in [5.74, 6) is 0.365. The summed E-state index contributed by atoms with van der Waals surface area (Å²) in [5, 5.41) is 7.43. The second kappa shape index (κ2) is 7.44. The van der Waals surface area contributed by atoms with E-state index in [1.54, 1.807) is 6.07 Å². The van der Waals surface area contributed by atoms with E-state index in [2.05, 4.69) is 37.9 Å². The number of carbonyl (C=O) groups excluding carboxylic acids is 1. The van der Waals surface area contributed by atoms with E-state index in [9.17, 15) is 4.79 Å². The SMILES string of the molecule is CCCC(CCBr)CNC(=O)c1ccon1. The first-order valence-electron chi connectivity index (χ1n) is 5.52. The van der Waals surface area contributed by atoms with Crippen LogP contribution in [0.2, 0.25) is 0 Å². The van der Waals surface area contributed by atoms with Crippen LogP contribution in [0.1, 0.15) is 36.7 Å². The van der Waals surface area contributed by atoms with Crippen LogP contribution in [0.5, 0.6) is 0 Å². The molecule has 1 atom stereocenters. The Labute approximate surface area is 104 Å². The van der Waals surface area contributed by atoms with Gasteiger partial charge in [-0.25, -0.2) is 0 Å². The molecule has 1 heterocycles. The van der Waals surface area contributed by atoms with E-state index in [0.29, 0.717) is 18.2 Å². The van der Waals surface area contributed by atoms with Crippen LogP contribution in [0.3, 0.4) is 0 Å². The molecule has 0 fully saturated rings. The molecule has 1 amide bonds. The number of rotatable bonds is 7. The van der Waals surface area contributed by atoms with Crippen molar-refractivity contribution in [2.75, 3.05) is 11.9 Å². The molecule has 1 rings (SSSR count). The lowest BCUT2D eigenvalue weighted by Gasteiger charge is -2.14. The Bertz CT molecular complexity index is 295. The molecule has 0 radical (unpaired) electrons. The summed E-state index contributed by atoms with van der Waals surface area (Å²) in [5.41, 5.74) is 0.342. The van der Waals surface area contributed by atoms with Crippen LogP contribution < -0.4 is 5.32 Å². The van der Waals surface area contributed by atoms with E-state index in [1.165, 1.54) is 6.26 Å². The summed E-state index contributed by atoms with van der Waals surface area (Å²) in [6.07, 6.45) is 4.74. The monoisotopic (exact) mass is 288 g/mol. The highest BCUT2D eigenvalue weighted by atomic mass is 79.9. The number of hydrogen-bond acceptors (Lipinski definition) is 3. The van der Waals surface area contributed by atoms with Gasteiger partial charge in [0.05, 0.1) is 0 Å². The van der Waals surface area contributed by atoms with Gasteiger partial charge in [-0.15, -0.1) is 0 Å². The number of halogens is 1. The minimum atomic E-state index is -0.163. The van der Waals surface area contributed by atoms with Crippen molar-refractivity contribution in [2.24, 2.45) is 5.92 Å². The molecule has 0 saturated heterocycles. The van der Waals surface area contributed by atoms with Gasteiger partial charge in [0.25, 0.3) is 5.91 Å². The fourth-order valence-corrected chi connectivity index (χ4v) is 2.22. The van der Waals surface area contributed by atoms with E-state index < -0.39 is 0 Å². The second-order valence-electron chi connectivity index (χ2n) is 3.73. The number of carbonyl (C=O) groups is 1. The molecule has 1 unspecified atom stereocenters. The predicted molar refractivity (Wildman–Crippen MR) is 65.6 cm³/mol. The van der Waals surface area contributed by atoms with Gasteiger partial charge in [0.2, 0.25) is 0 Å². The van der Waals surface area contributed by atoms with Crippen LogP contribution in [0, 0.1) is 5.92 Å². The van der Waals surface area contributed by atoms with Crippen molar-refractivity contribution in [1.29, 1.82) is 0 Å². The van der Waals surface area contributed by atoms with E-state index in [0.717, 1.165) is 24.6 Å². The summed E-state index contributed by atoms with van der Waals surface area (Å²) >= 11 is 3.43. The van der Waals surface area contributed by atoms with Crippen molar-refractivity contribution in [2.45, 2.75) is 26.2 Å². The van der Waals surface area contributed by atoms with Crippen molar-refractivity contribution < 1.29 is 9.32 Å². The summed E-state index contributed by atoms with van der Waals surface area (Å²) in [6.45, 7) is 2.85. The molecule has 4 nitrogen and oxygen atoms in total. The smallest absolute Gasteiger partial charge is 0.273 e. The molecule has 0 bridgehead atoms. The van der Waals surface area contributed by atoms with Crippen LogP contribution in [-0.4, -0.2) is 22.9 Å². The summed E-state index contributed by atoms with van der Waals surface area (Å²) in [7, 11) is 0. The minimum absolute atomic E-state index is 0.163. The van der Waals surface area contributed by atoms with E-state index in [4.69, 9.17) is 0 Å². The van der Waals surface area contributed by atoms with Crippen LogP contribution in [-0.2, 0) is 0 Å². The van der Waals surface area contributed by atoms with Crippen LogP contribution in [0.15, 0.2) is 16.9 Å². The van der Waals surface area contributed by atoms with Crippen molar-refractivity contribution in [3.63, 3.8) is 0 Å². The average molecular weight is 289 g/mol. The average Bonchev–Trinajstić information content (AvgIpc) is 2.79. The summed E-state index contributed by atoms with van der Waals surface area (Å²) in [6, 6.07) is 1.56. The van der Waals surface area contributed by atoms with Gasteiger partial charge >= 0.3 is 0 Å². The molecular weight excluding hydrogens is 272 g/mol. The van der Waals surface area contributed by atoms with Crippen molar-refractivity contribution in [1.82, 2.24) is 10.5 Å². The van der Waals surface area contributed by atoms with Gasteiger partial charge in [0.1, 0.15) is 6.26 Å². The third-order valence-corrected chi connectivity index (χ3v) is 2.89. The third kappa shape index (κ3) is 4.35. The highest BCUT2D eigenvalue weighted by molar-refractivity contribution is 9.09. The Morgan fingerprint density at radius 2 is 2.44 bits per heavy atom. The molecule has 0 aliphatic rings. The maximum atomic E-state index is 11.6. The number of nitrogens with zero attached hydrogens (tertiary/aromatic N) is 1. The molecule has 0 aromatic carbocycles. The van der Waals surface area contributed by atoms with E-state index in [-0.39, 0.29) is 5.91 Å². The lowest BCUT2D eigenvalue weighted by atomic mass is 10.0. The van der Waals surface area contributed by atoms with Gasteiger partial charge in [-0.3, -0.25) is 4.79 Å². The fraction of sp³-hybridized carbons (Fsp3) is 0.636. The van der Waals surface area contributed by atoms with Gasteiger partial charge in [-0.05, 0) is 18.8 Å². The first kappa shape index (κ1) is 13.2. The van der Waals surface area contributed by atoms with Crippen LogP contribution in [0.4, 0.5) is 0 Å². The Morgan fingerprint density at radius 3 is 3.00 bits per heavy atom. The van der Waals surface area contributed by atoms with Crippen LogP contribution in [0.25, 0.3) is 0 Å². The maximum Gasteiger partial charge on any atom is 0.273 e.